The van der Waals surface area contributed by atoms with Gasteiger partial charge in [0.1, 0.15) is 0 Å². The summed E-state index contributed by atoms with van der Waals surface area (Å²) in [6.07, 6.45) is 3.18. The van der Waals surface area contributed by atoms with Gasteiger partial charge in [-0.25, -0.2) is 8.42 Å². The van der Waals surface area contributed by atoms with Gasteiger partial charge in [-0.3, -0.25) is 0 Å². The van der Waals surface area contributed by atoms with Crippen molar-refractivity contribution < 1.29 is 13.2 Å². The predicted octanol–water partition coefficient (Wildman–Crippen LogP) is 1.75. The molecule has 1 rings (SSSR count). The molecule has 1 aliphatic heterocycles. The third-order valence-electron chi connectivity index (χ3n) is 3.81. The maximum absolute atomic E-state index is 12.6. The fourth-order valence-corrected chi connectivity index (χ4v) is 4.71. The van der Waals surface area contributed by atoms with Crippen LogP contribution in [0.1, 0.15) is 46.5 Å². The molecular formula is C13H27NO3S. The quantitative estimate of drug-likeness (QED) is 0.770. The third-order valence-corrected chi connectivity index (χ3v) is 6.58. The van der Waals surface area contributed by atoms with Gasteiger partial charge in [0.05, 0.1) is 10.5 Å². The molecule has 1 aliphatic rings. The summed E-state index contributed by atoms with van der Waals surface area (Å²) >= 11 is 0. The first-order valence-electron chi connectivity index (χ1n) is 7.07. The molecule has 0 aromatic heterocycles. The molecule has 18 heavy (non-hydrogen) atoms. The van der Waals surface area contributed by atoms with E-state index < -0.39 is 9.84 Å². The largest absolute Gasteiger partial charge is 0.381 e. The second kappa shape index (κ2) is 7.46. The van der Waals surface area contributed by atoms with Crippen molar-refractivity contribution in [3.63, 3.8) is 0 Å². The summed E-state index contributed by atoms with van der Waals surface area (Å²) in [7, 11) is -3.05. The molecule has 1 saturated heterocycles. The van der Waals surface area contributed by atoms with E-state index >= 15 is 0 Å². The Hall–Kier alpha value is -0.130. The van der Waals surface area contributed by atoms with Crippen molar-refractivity contribution in [3.05, 3.63) is 0 Å². The normalized spacial score (nSPS) is 21.7. The lowest BCUT2D eigenvalue weighted by atomic mass is 10.1. The van der Waals surface area contributed by atoms with Crippen LogP contribution in [0, 0.1) is 0 Å². The highest BCUT2D eigenvalue weighted by Gasteiger charge is 2.35. The van der Waals surface area contributed by atoms with Gasteiger partial charge in [-0.15, -0.1) is 0 Å². The number of hydrogen-bond donors (Lipinski definition) is 1. The number of nitrogens with one attached hydrogen (secondary N) is 1. The fourth-order valence-electron chi connectivity index (χ4n) is 2.51. The molecule has 0 bridgehead atoms. The van der Waals surface area contributed by atoms with Gasteiger partial charge in [0.25, 0.3) is 0 Å². The van der Waals surface area contributed by atoms with E-state index in [0.717, 1.165) is 19.4 Å². The van der Waals surface area contributed by atoms with Gasteiger partial charge in [-0.2, -0.15) is 0 Å². The maximum Gasteiger partial charge on any atom is 0.157 e. The molecule has 0 aromatic rings. The van der Waals surface area contributed by atoms with E-state index in [2.05, 4.69) is 12.2 Å². The molecule has 0 spiro atoms. The summed E-state index contributed by atoms with van der Waals surface area (Å²) in [5.74, 6) is 0. The SMILES string of the molecule is CCCNC(CC)C(C)S(=O)(=O)C1CCOCC1. The second-order valence-corrected chi connectivity index (χ2v) is 7.66. The molecule has 2 atom stereocenters. The molecule has 0 aromatic carbocycles. The molecule has 0 saturated carbocycles. The molecule has 0 radical (unpaired) electrons. The topological polar surface area (TPSA) is 55.4 Å². The van der Waals surface area contributed by atoms with Crippen molar-refractivity contribution in [2.24, 2.45) is 0 Å². The Labute approximate surface area is 111 Å². The van der Waals surface area contributed by atoms with Crippen molar-refractivity contribution in [2.45, 2.75) is 63.0 Å². The van der Waals surface area contributed by atoms with Gasteiger partial charge < -0.3 is 10.1 Å². The third kappa shape index (κ3) is 3.93. The Morgan fingerprint density at radius 2 is 1.89 bits per heavy atom. The zero-order valence-electron chi connectivity index (χ0n) is 11.8. The van der Waals surface area contributed by atoms with Gasteiger partial charge in [0.2, 0.25) is 0 Å². The highest BCUT2D eigenvalue weighted by Crippen LogP contribution is 2.22. The van der Waals surface area contributed by atoms with Gasteiger partial charge in [-0.05, 0) is 39.2 Å². The monoisotopic (exact) mass is 277 g/mol. The van der Waals surface area contributed by atoms with E-state index in [0.29, 0.717) is 26.1 Å². The van der Waals surface area contributed by atoms with E-state index in [1.54, 1.807) is 0 Å². The van der Waals surface area contributed by atoms with Gasteiger partial charge in [0, 0.05) is 19.3 Å². The fraction of sp³-hybridized carbons (Fsp3) is 1.00. The molecular weight excluding hydrogens is 250 g/mol. The Morgan fingerprint density at radius 1 is 1.28 bits per heavy atom. The summed E-state index contributed by atoms with van der Waals surface area (Å²) in [4.78, 5) is 0. The van der Waals surface area contributed by atoms with Crippen molar-refractivity contribution in [3.8, 4) is 0 Å². The van der Waals surface area contributed by atoms with Gasteiger partial charge in [0.15, 0.2) is 9.84 Å². The summed E-state index contributed by atoms with van der Waals surface area (Å²) in [6, 6.07) is 0.0674. The summed E-state index contributed by atoms with van der Waals surface area (Å²) < 4.78 is 30.4. The van der Waals surface area contributed by atoms with Crippen LogP contribution in [0.4, 0.5) is 0 Å². The Morgan fingerprint density at radius 3 is 2.39 bits per heavy atom. The van der Waals surface area contributed by atoms with Crippen LogP contribution in [-0.4, -0.2) is 44.7 Å². The first kappa shape index (κ1) is 15.9. The standard InChI is InChI=1S/C13H27NO3S/c1-4-8-14-13(5-2)11(3)18(15,16)12-6-9-17-10-7-12/h11-14H,4-10H2,1-3H3. The Bertz CT molecular complexity index is 323. The van der Waals surface area contributed by atoms with Gasteiger partial charge >= 0.3 is 0 Å². The van der Waals surface area contributed by atoms with E-state index in [-0.39, 0.29) is 16.5 Å². The van der Waals surface area contributed by atoms with Crippen LogP contribution in [-0.2, 0) is 14.6 Å². The molecule has 2 unspecified atom stereocenters. The lowest BCUT2D eigenvalue weighted by molar-refractivity contribution is 0.0981. The number of sulfone groups is 1. The van der Waals surface area contributed by atoms with E-state index in [4.69, 9.17) is 4.74 Å². The van der Waals surface area contributed by atoms with E-state index in [1.807, 2.05) is 13.8 Å². The molecule has 1 fully saturated rings. The molecule has 1 heterocycles. The van der Waals surface area contributed by atoms with Crippen LogP contribution in [0.2, 0.25) is 0 Å². The molecule has 108 valence electrons. The second-order valence-electron chi connectivity index (χ2n) is 5.07. The number of hydrogen-bond acceptors (Lipinski definition) is 4. The van der Waals surface area contributed by atoms with Crippen LogP contribution < -0.4 is 5.32 Å². The minimum absolute atomic E-state index is 0.0674. The highest BCUT2D eigenvalue weighted by atomic mass is 32.2. The molecule has 4 nitrogen and oxygen atoms in total. The average molecular weight is 277 g/mol. The average Bonchev–Trinajstić information content (AvgIpc) is 2.40. The zero-order valence-corrected chi connectivity index (χ0v) is 12.6. The van der Waals surface area contributed by atoms with Crippen LogP contribution >= 0.6 is 0 Å². The van der Waals surface area contributed by atoms with Crippen molar-refractivity contribution >= 4 is 9.84 Å². The summed E-state index contributed by atoms with van der Waals surface area (Å²) in [5.41, 5.74) is 0. The van der Waals surface area contributed by atoms with Crippen LogP contribution in [0.3, 0.4) is 0 Å². The smallest absolute Gasteiger partial charge is 0.157 e. The lowest BCUT2D eigenvalue weighted by Crippen LogP contribution is -2.46. The lowest BCUT2D eigenvalue weighted by Gasteiger charge is -2.30. The van der Waals surface area contributed by atoms with Crippen molar-refractivity contribution in [1.82, 2.24) is 5.32 Å². The minimum Gasteiger partial charge on any atom is -0.381 e. The van der Waals surface area contributed by atoms with Crippen LogP contribution in [0.5, 0.6) is 0 Å². The first-order chi connectivity index (χ1) is 8.54. The van der Waals surface area contributed by atoms with Crippen molar-refractivity contribution in [1.29, 1.82) is 0 Å². The molecule has 5 heteroatoms. The van der Waals surface area contributed by atoms with E-state index in [9.17, 15) is 8.42 Å². The first-order valence-corrected chi connectivity index (χ1v) is 8.68. The zero-order chi connectivity index (χ0) is 13.6. The van der Waals surface area contributed by atoms with Crippen LogP contribution in [0.15, 0.2) is 0 Å². The highest BCUT2D eigenvalue weighted by molar-refractivity contribution is 7.92. The number of rotatable bonds is 7. The summed E-state index contributed by atoms with van der Waals surface area (Å²) in [5, 5.41) is 2.84. The maximum atomic E-state index is 12.6. The minimum atomic E-state index is -3.05. The molecule has 1 N–H and O–H groups in total. The summed E-state index contributed by atoms with van der Waals surface area (Å²) in [6.45, 7) is 8.03. The molecule has 0 amide bonds. The number of ether oxygens (including phenoxy) is 1. The Kier molecular flexibility index (Phi) is 6.60. The Balaban J connectivity index is 2.68. The van der Waals surface area contributed by atoms with Gasteiger partial charge in [-0.1, -0.05) is 13.8 Å². The predicted molar refractivity (Wildman–Crippen MR) is 74.6 cm³/mol. The molecule has 0 aliphatic carbocycles. The van der Waals surface area contributed by atoms with Crippen LogP contribution in [0.25, 0.3) is 0 Å². The van der Waals surface area contributed by atoms with E-state index in [1.165, 1.54) is 0 Å². The van der Waals surface area contributed by atoms with Crippen molar-refractivity contribution in [2.75, 3.05) is 19.8 Å².